The summed E-state index contributed by atoms with van der Waals surface area (Å²) in [7, 11) is 0. The van der Waals surface area contributed by atoms with Crippen molar-refractivity contribution in [2.24, 2.45) is 5.73 Å². The van der Waals surface area contributed by atoms with E-state index in [2.05, 4.69) is 15.5 Å². The minimum absolute atomic E-state index is 0.129. The summed E-state index contributed by atoms with van der Waals surface area (Å²) >= 11 is 0. The third-order valence-electron chi connectivity index (χ3n) is 3.93. The highest BCUT2D eigenvalue weighted by Crippen LogP contribution is 2.23. The molecule has 5 heteroatoms. The topological polar surface area (TPSA) is 83.8 Å². The molecule has 2 aromatic rings. The Bertz CT molecular complexity index is 745. The van der Waals surface area contributed by atoms with Crippen molar-refractivity contribution in [2.45, 2.75) is 26.8 Å². The Balaban J connectivity index is 2.19. The summed E-state index contributed by atoms with van der Waals surface area (Å²) in [4.78, 5) is 12.6. The van der Waals surface area contributed by atoms with E-state index in [0.29, 0.717) is 12.1 Å². The van der Waals surface area contributed by atoms with Crippen molar-refractivity contribution in [1.29, 1.82) is 0 Å². The highest BCUT2D eigenvalue weighted by Gasteiger charge is 2.15. The number of carbonyl (C=O) groups excluding carboxylic acids is 1. The largest absolute Gasteiger partial charge is 0.344 e. The van der Waals surface area contributed by atoms with E-state index < -0.39 is 0 Å². The number of aromatic nitrogens is 2. The highest BCUT2D eigenvalue weighted by molar-refractivity contribution is 5.95. The number of aromatic amines is 1. The van der Waals surface area contributed by atoms with Crippen LogP contribution in [0.2, 0.25) is 0 Å². The van der Waals surface area contributed by atoms with E-state index in [4.69, 9.17) is 5.73 Å². The van der Waals surface area contributed by atoms with E-state index in [1.807, 2.05) is 63.4 Å². The zero-order valence-corrected chi connectivity index (χ0v) is 14.3. The smallest absolute Gasteiger partial charge is 0.251 e. The van der Waals surface area contributed by atoms with Crippen LogP contribution in [0.25, 0.3) is 11.1 Å². The van der Waals surface area contributed by atoms with Crippen LogP contribution in [0.5, 0.6) is 0 Å². The van der Waals surface area contributed by atoms with Gasteiger partial charge in [0.05, 0.1) is 12.2 Å². The fraction of sp³-hybridized carbons (Fsp3) is 0.263. The minimum Gasteiger partial charge on any atom is -0.344 e. The van der Waals surface area contributed by atoms with Crippen LogP contribution in [-0.2, 0) is 0 Å². The van der Waals surface area contributed by atoms with Crippen LogP contribution in [0, 0.1) is 6.92 Å². The molecule has 1 unspecified atom stereocenters. The summed E-state index contributed by atoms with van der Waals surface area (Å²) < 4.78 is 0. The van der Waals surface area contributed by atoms with E-state index in [0.717, 1.165) is 22.3 Å². The van der Waals surface area contributed by atoms with Crippen LogP contribution in [0.4, 0.5) is 0 Å². The molecule has 1 aromatic carbocycles. The van der Waals surface area contributed by atoms with Gasteiger partial charge in [-0.3, -0.25) is 9.89 Å². The number of nitrogens with zero attached hydrogens (tertiary/aromatic N) is 1. The number of rotatable bonds is 6. The molecule has 0 radical (unpaired) electrons. The molecule has 1 aromatic heterocycles. The molecule has 0 bridgehead atoms. The maximum Gasteiger partial charge on any atom is 0.251 e. The van der Waals surface area contributed by atoms with Gasteiger partial charge in [0, 0.05) is 23.9 Å². The second-order valence-electron chi connectivity index (χ2n) is 5.57. The molecule has 24 heavy (non-hydrogen) atoms. The van der Waals surface area contributed by atoms with Gasteiger partial charge in [0.25, 0.3) is 5.91 Å². The van der Waals surface area contributed by atoms with Crippen LogP contribution in [0.1, 0.15) is 29.8 Å². The van der Waals surface area contributed by atoms with Crippen LogP contribution < -0.4 is 11.1 Å². The molecular weight excluding hydrogens is 300 g/mol. The molecule has 0 saturated heterocycles. The van der Waals surface area contributed by atoms with Gasteiger partial charge < -0.3 is 11.1 Å². The van der Waals surface area contributed by atoms with Crippen molar-refractivity contribution in [3.63, 3.8) is 0 Å². The number of H-pyrrole nitrogens is 1. The Morgan fingerprint density at radius 1 is 1.42 bits per heavy atom. The summed E-state index contributed by atoms with van der Waals surface area (Å²) in [6.45, 7) is 6.21. The molecule has 0 aliphatic heterocycles. The average molecular weight is 324 g/mol. The lowest BCUT2D eigenvalue weighted by Crippen LogP contribution is -2.41. The van der Waals surface area contributed by atoms with Crippen LogP contribution >= 0.6 is 0 Å². The average Bonchev–Trinajstić information content (AvgIpc) is 3.11. The first kappa shape index (κ1) is 17.7. The second-order valence-corrected chi connectivity index (χ2v) is 5.57. The normalized spacial score (nSPS) is 13.2. The Labute approximate surface area is 142 Å². The zero-order chi connectivity index (χ0) is 17.5. The summed E-state index contributed by atoms with van der Waals surface area (Å²) in [5.74, 6) is -0.129. The van der Waals surface area contributed by atoms with E-state index in [-0.39, 0.29) is 11.9 Å². The van der Waals surface area contributed by atoms with Crippen LogP contribution in [-0.4, -0.2) is 28.7 Å². The fourth-order valence-electron chi connectivity index (χ4n) is 2.65. The second kappa shape index (κ2) is 8.26. The lowest BCUT2D eigenvalue weighted by molar-refractivity contribution is 0.0944. The van der Waals surface area contributed by atoms with Gasteiger partial charge in [0.2, 0.25) is 0 Å². The molecule has 1 atom stereocenters. The maximum absolute atomic E-state index is 12.6. The molecule has 0 saturated carbocycles. The van der Waals surface area contributed by atoms with Gasteiger partial charge in [-0.05, 0) is 49.6 Å². The number of hydrogen-bond donors (Lipinski definition) is 3. The molecule has 0 aliphatic rings. The number of carbonyl (C=O) groups is 1. The van der Waals surface area contributed by atoms with E-state index in [1.54, 1.807) is 6.20 Å². The fourth-order valence-corrected chi connectivity index (χ4v) is 2.65. The summed E-state index contributed by atoms with van der Waals surface area (Å²) in [6, 6.07) is 5.45. The maximum atomic E-state index is 12.6. The predicted molar refractivity (Wildman–Crippen MR) is 97.6 cm³/mol. The first-order valence-electron chi connectivity index (χ1n) is 8.00. The number of hydrogen-bond acceptors (Lipinski definition) is 3. The SMILES string of the molecule is CC=CC(=CC)C(CN)NC(=O)c1ccc(-c2cn[nH]c2)c(C)c1. The lowest BCUT2D eigenvalue weighted by Gasteiger charge is -2.18. The Morgan fingerprint density at radius 2 is 2.21 bits per heavy atom. The third kappa shape index (κ3) is 4.00. The van der Waals surface area contributed by atoms with Crippen molar-refractivity contribution in [3.05, 3.63) is 65.5 Å². The minimum atomic E-state index is -0.201. The summed E-state index contributed by atoms with van der Waals surface area (Å²) in [6.07, 6.45) is 9.47. The summed E-state index contributed by atoms with van der Waals surface area (Å²) in [5.41, 5.74) is 10.5. The third-order valence-corrected chi connectivity index (χ3v) is 3.93. The molecule has 4 N–H and O–H groups in total. The molecule has 0 aliphatic carbocycles. The number of nitrogens with two attached hydrogens (primary N) is 1. The highest BCUT2D eigenvalue weighted by atomic mass is 16.1. The van der Waals surface area contributed by atoms with Crippen molar-refractivity contribution in [2.75, 3.05) is 6.54 Å². The monoisotopic (exact) mass is 324 g/mol. The molecule has 1 heterocycles. The van der Waals surface area contributed by atoms with Crippen LogP contribution in [0.15, 0.2) is 54.4 Å². The number of amides is 1. The number of nitrogens with one attached hydrogen (secondary N) is 2. The molecule has 126 valence electrons. The van der Waals surface area contributed by atoms with Crippen molar-refractivity contribution in [1.82, 2.24) is 15.5 Å². The predicted octanol–water partition coefficient (Wildman–Crippen LogP) is 2.96. The Morgan fingerprint density at radius 3 is 2.75 bits per heavy atom. The molecule has 0 spiro atoms. The number of allylic oxidation sites excluding steroid dienone is 2. The van der Waals surface area contributed by atoms with Gasteiger partial charge in [-0.25, -0.2) is 0 Å². The molecule has 2 rings (SSSR count). The van der Waals surface area contributed by atoms with Gasteiger partial charge in [-0.15, -0.1) is 0 Å². The lowest BCUT2D eigenvalue weighted by atomic mass is 10.00. The molecule has 1 amide bonds. The molecule has 0 fully saturated rings. The van der Waals surface area contributed by atoms with E-state index >= 15 is 0 Å². The van der Waals surface area contributed by atoms with Gasteiger partial charge >= 0.3 is 0 Å². The van der Waals surface area contributed by atoms with Crippen LogP contribution in [0.3, 0.4) is 0 Å². The van der Waals surface area contributed by atoms with Gasteiger partial charge in [0.15, 0.2) is 0 Å². The van der Waals surface area contributed by atoms with Gasteiger partial charge in [-0.2, -0.15) is 5.10 Å². The Kier molecular flexibility index (Phi) is 6.09. The van der Waals surface area contributed by atoms with Gasteiger partial charge in [-0.1, -0.05) is 24.3 Å². The standard InChI is InChI=1S/C19H24N4O/c1-4-6-14(5-2)18(10-20)23-19(24)15-7-8-17(13(3)9-15)16-11-21-22-12-16/h4-9,11-12,18H,10,20H2,1-3H3,(H,21,22)(H,23,24). The molecule has 5 nitrogen and oxygen atoms in total. The van der Waals surface area contributed by atoms with Crippen molar-refractivity contribution in [3.8, 4) is 11.1 Å². The summed E-state index contributed by atoms with van der Waals surface area (Å²) in [5, 5.41) is 9.76. The molecular formula is C19H24N4O. The van der Waals surface area contributed by atoms with E-state index in [1.165, 1.54) is 0 Å². The van der Waals surface area contributed by atoms with Crippen molar-refractivity contribution < 1.29 is 4.79 Å². The first-order chi connectivity index (χ1) is 11.6. The Hall–Kier alpha value is -2.66. The first-order valence-corrected chi connectivity index (χ1v) is 8.00. The van der Waals surface area contributed by atoms with Crippen molar-refractivity contribution >= 4 is 5.91 Å². The van der Waals surface area contributed by atoms with E-state index in [9.17, 15) is 4.79 Å². The zero-order valence-electron chi connectivity index (χ0n) is 14.3. The number of benzene rings is 1. The van der Waals surface area contributed by atoms with Gasteiger partial charge in [0.1, 0.15) is 0 Å². The number of aryl methyl sites for hydroxylation is 1. The quantitative estimate of drug-likeness (QED) is 0.714.